The van der Waals surface area contributed by atoms with Gasteiger partial charge in [0.05, 0.1) is 12.6 Å². The van der Waals surface area contributed by atoms with Crippen molar-refractivity contribution in [2.45, 2.75) is 71.0 Å². The molecular formula is C14H28N2O2. The number of nitrogens with one attached hydrogen (secondary N) is 2. The Morgan fingerprint density at radius 2 is 1.83 bits per heavy atom. The number of amides is 1. The van der Waals surface area contributed by atoms with Crippen LogP contribution in [0.1, 0.15) is 52.9 Å². The van der Waals surface area contributed by atoms with E-state index in [0.29, 0.717) is 12.0 Å². The van der Waals surface area contributed by atoms with E-state index in [-0.39, 0.29) is 24.6 Å². The van der Waals surface area contributed by atoms with Gasteiger partial charge >= 0.3 is 0 Å². The SMILES string of the molecule is CC(N[C@H](CO)C(C)C)C(=O)NC1CCCCC1. The zero-order chi connectivity index (χ0) is 13.5. The Labute approximate surface area is 111 Å². The predicted octanol–water partition coefficient (Wildman–Crippen LogP) is 1.43. The molecule has 18 heavy (non-hydrogen) atoms. The fourth-order valence-corrected chi connectivity index (χ4v) is 2.43. The van der Waals surface area contributed by atoms with Gasteiger partial charge in [-0.15, -0.1) is 0 Å². The molecule has 0 radical (unpaired) electrons. The molecule has 1 saturated carbocycles. The molecule has 0 saturated heterocycles. The van der Waals surface area contributed by atoms with Crippen molar-refractivity contribution in [2.75, 3.05) is 6.61 Å². The molecule has 1 amide bonds. The minimum atomic E-state index is -0.244. The molecule has 1 fully saturated rings. The van der Waals surface area contributed by atoms with Crippen molar-refractivity contribution in [3.8, 4) is 0 Å². The highest BCUT2D eigenvalue weighted by molar-refractivity contribution is 5.81. The lowest BCUT2D eigenvalue weighted by Crippen LogP contribution is -2.51. The van der Waals surface area contributed by atoms with Crippen LogP contribution in [0.25, 0.3) is 0 Å². The molecule has 106 valence electrons. The summed E-state index contributed by atoms with van der Waals surface area (Å²) in [7, 11) is 0. The molecule has 1 unspecified atom stereocenters. The first-order valence-corrected chi connectivity index (χ1v) is 7.22. The van der Waals surface area contributed by atoms with E-state index < -0.39 is 0 Å². The molecule has 0 heterocycles. The Bertz CT molecular complexity index is 250. The molecule has 1 aliphatic rings. The maximum atomic E-state index is 12.0. The van der Waals surface area contributed by atoms with Crippen molar-refractivity contribution in [2.24, 2.45) is 5.92 Å². The van der Waals surface area contributed by atoms with Crippen LogP contribution in [-0.4, -0.2) is 35.7 Å². The molecule has 2 atom stereocenters. The number of carbonyl (C=O) groups excluding carboxylic acids is 1. The fourth-order valence-electron chi connectivity index (χ4n) is 2.43. The quantitative estimate of drug-likeness (QED) is 0.674. The zero-order valence-corrected chi connectivity index (χ0v) is 11.9. The summed E-state index contributed by atoms with van der Waals surface area (Å²) in [6, 6.07) is 0.0886. The maximum absolute atomic E-state index is 12.0. The average molecular weight is 256 g/mol. The molecule has 0 spiro atoms. The lowest BCUT2D eigenvalue weighted by atomic mass is 9.95. The van der Waals surface area contributed by atoms with E-state index in [4.69, 9.17) is 0 Å². The largest absolute Gasteiger partial charge is 0.395 e. The normalized spacial score (nSPS) is 20.7. The van der Waals surface area contributed by atoms with Gasteiger partial charge in [-0.3, -0.25) is 4.79 Å². The van der Waals surface area contributed by atoms with Crippen molar-refractivity contribution in [1.82, 2.24) is 10.6 Å². The van der Waals surface area contributed by atoms with Gasteiger partial charge in [0.25, 0.3) is 0 Å². The second kappa shape index (κ2) is 7.74. The maximum Gasteiger partial charge on any atom is 0.237 e. The first-order chi connectivity index (χ1) is 8.54. The van der Waals surface area contributed by atoms with Crippen LogP contribution in [0.2, 0.25) is 0 Å². The Morgan fingerprint density at radius 3 is 2.33 bits per heavy atom. The van der Waals surface area contributed by atoms with Gasteiger partial charge in [0, 0.05) is 12.1 Å². The van der Waals surface area contributed by atoms with Crippen molar-refractivity contribution in [3.63, 3.8) is 0 Å². The lowest BCUT2D eigenvalue weighted by Gasteiger charge is -2.27. The fraction of sp³-hybridized carbons (Fsp3) is 0.929. The smallest absolute Gasteiger partial charge is 0.237 e. The molecule has 4 nitrogen and oxygen atoms in total. The number of hydrogen-bond donors (Lipinski definition) is 3. The summed E-state index contributed by atoms with van der Waals surface area (Å²) in [5.41, 5.74) is 0. The van der Waals surface area contributed by atoms with E-state index in [2.05, 4.69) is 10.6 Å². The number of rotatable bonds is 6. The standard InChI is InChI=1S/C14H28N2O2/c1-10(2)13(9-17)15-11(3)14(18)16-12-7-5-4-6-8-12/h10-13,15,17H,4-9H2,1-3H3,(H,16,18)/t11?,13-/m1/s1. The first kappa shape index (κ1) is 15.4. The molecule has 0 aromatic heterocycles. The zero-order valence-electron chi connectivity index (χ0n) is 11.9. The minimum absolute atomic E-state index is 0.0166. The summed E-state index contributed by atoms with van der Waals surface area (Å²) < 4.78 is 0. The van der Waals surface area contributed by atoms with Gasteiger partial charge in [-0.05, 0) is 25.7 Å². The van der Waals surface area contributed by atoms with Crippen LogP contribution < -0.4 is 10.6 Å². The van der Waals surface area contributed by atoms with Crippen LogP contribution in [0.3, 0.4) is 0 Å². The molecule has 1 aliphatic carbocycles. The van der Waals surface area contributed by atoms with Gasteiger partial charge in [0.1, 0.15) is 0 Å². The van der Waals surface area contributed by atoms with Crippen LogP contribution >= 0.6 is 0 Å². The third kappa shape index (κ3) is 4.94. The third-order valence-corrected chi connectivity index (χ3v) is 3.81. The van der Waals surface area contributed by atoms with Crippen molar-refractivity contribution < 1.29 is 9.90 Å². The highest BCUT2D eigenvalue weighted by Gasteiger charge is 2.22. The first-order valence-electron chi connectivity index (χ1n) is 7.22. The molecule has 0 bridgehead atoms. The van der Waals surface area contributed by atoms with E-state index in [1.807, 2.05) is 20.8 Å². The van der Waals surface area contributed by atoms with E-state index in [0.717, 1.165) is 12.8 Å². The number of aliphatic hydroxyl groups excluding tert-OH is 1. The van der Waals surface area contributed by atoms with Gasteiger partial charge in [-0.1, -0.05) is 33.1 Å². The summed E-state index contributed by atoms with van der Waals surface area (Å²) in [5.74, 6) is 0.376. The molecule has 0 aliphatic heterocycles. The van der Waals surface area contributed by atoms with Crippen LogP contribution in [0.5, 0.6) is 0 Å². The average Bonchev–Trinajstić information content (AvgIpc) is 2.36. The van der Waals surface area contributed by atoms with Crippen LogP contribution in [-0.2, 0) is 4.79 Å². The molecule has 4 heteroatoms. The van der Waals surface area contributed by atoms with Gasteiger partial charge in [-0.2, -0.15) is 0 Å². The van der Waals surface area contributed by atoms with Crippen LogP contribution in [0.15, 0.2) is 0 Å². The third-order valence-electron chi connectivity index (χ3n) is 3.81. The van der Waals surface area contributed by atoms with Gasteiger partial charge in [-0.25, -0.2) is 0 Å². The number of carbonyl (C=O) groups is 1. The van der Waals surface area contributed by atoms with E-state index in [9.17, 15) is 9.90 Å². The van der Waals surface area contributed by atoms with E-state index >= 15 is 0 Å². The van der Waals surface area contributed by atoms with Crippen molar-refractivity contribution >= 4 is 5.91 Å². The highest BCUT2D eigenvalue weighted by atomic mass is 16.3. The summed E-state index contributed by atoms with van der Waals surface area (Å²) in [5, 5.41) is 15.6. The second-order valence-corrected chi connectivity index (χ2v) is 5.76. The van der Waals surface area contributed by atoms with E-state index in [1.165, 1.54) is 19.3 Å². The Balaban J connectivity index is 2.35. The number of hydrogen-bond acceptors (Lipinski definition) is 3. The monoisotopic (exact) mass is 256 g/mol. The molecular weight excluding hydrogens is 228 g/mol. The van der Waals surface area contributed by atoms with Crippen molar-refractivity contribution in [3.05, 3.63) is 0 Å². The molecule has 1 rings (SSSR count). The Morgan fingerprint density at radius 1 is 1.22 bits per heavy atom. The second-order valence-electron chi connectivity index (χ2n) is 5.76. The topological polar surface area (TPSA) is 61.4 Å². The summed E-state index contributed by atoms with van der Waals surface area (Å²) >= 11 is 0. The lowest BCUT2D eigenvalue weighted by molar-refractivity contribution is -0.124. The summed E-state index contributed by atoms with van der Waals surface area (Å²) in [6.45, 7) is 6.02. The minimum Gasteiger partial charge on any atom is -0.395 e. The molecule has 0 aromatic carbocycles. The molecule has 3 N–H and O–H groups in total. The number of aliphatic hydroxyl groups is 1. The van der Waals surface area contributed by atoms with E-state index in [1.54, 1.807) is 0 Å². The molecule has 0 aromatic rings. The van der Waals surface area contributed by atoms with Gasteiger partial charge < -0.3 is 15.7 Å². The Kier molecular flexibility index (Phi) is 6.65. The van der Waals surface area contributed by atoms with Crippen LogP contribution in [0.4, 0.5) is 0 Å². The van der Waals surface area contributed by atoms with Gasteiger partial charge in [0.15, 0.2) is 0 Å². The van der Waals surface area contributed by atoms with Crippen LogP contribution in [0, 0.1) is 5.92 Å². The summed E-state index contributed by atoms with van der Waals surface area (Å²) in [6.07, 6.45) is 5.94. The summed E-state index contributed by atoms with van der Waals surface area (Å²) in [4.78, 5) is 12.0. The van der Waals surface area contributed by atoms with Gasteiger partial charge in [0.2, 0.25) is 5.91 Å². The Hall–Kier alpha value is -0.610. The predicted molar refractivity (Wildman–Crippen MR) is 73.3 cm³/mol. The van der Waals surface area contributed by atoms with Crippen molar-refractivity contribution in [1.29, 1.82) is 0 Å². The highest BCUT2D eigenvalue weighted by Crippen LogP contribution is 2.17.